The Morgan fingerprint density at radius 2 is 0.469 bits per heavy atom. The first-order valence-electron chi connectivity index (χ1n) is 9.86. The molecule has 0 aliphatic heterocycles. The van der Waals surface area contributed by atoms with Gasteiger partial charge in [-0.2, -0.15) is 0 Å². The second-order valence-electron chi connectivity index (χ2n) is 7.60. The van der Waals surface area contributed by atoms with Gasteiger partial charge in [-0.15, -0.1) is 0 Å². The molecule has 3 aliphatic rings. The molecule has 3 rings (SSSR count). The summed E-state index contributed by atoms with van der Waals surface area (Å²) in [4.78, 5) is 71.1. The second kappa shape index (κ2) is 9.96. The maximum absolute atomic E-state index is 11.8. The van der Waals surface area contributed by atoms with Crippen molar-refractivity contribution >= 4 is 35.8 Å². The third-order valence-electron chi connectivity index (χ3n) is 5.06. The molecule has 0 aromatic rings. The largest absolute Gasteiger partial charge is 0.458 e. The molecule has 3 saturated carbocycles. The molecule has 32 heavy (non-hydrogen) atoms. The Hall–Kier alpha value is -3.18. The van der Waals surface area contributed by atoms with E-state index in [4.69, 9.17) is 28.4 Å². The number of hydrogen-bond donors (Lipinski definition) is 0. The molecule has 12 heteroatoms. The van der Waals surface area contributed by atoms with Crippen LogP contribution in [0.3, 0.4) is 0 Å². The molecule has 0 N–H and O–H groups in total. The number of fused-ring (bicyclic) bond motifs is 3. The smallest absolute Gasteiger partial charge is 0.303 e. The highest BCUT2D eigenvalue weighted by Gasteiger charge is 2.70. The second-order valence-corrected chi connectivity index (χ2v) is 7.60. The zero-order chi connectivity index (χ0) is 24.3. The van der Waals surface area contributed by atoms with Gasteiger partial charge in [-0.1, -0.05) is 0 Å². The third kappa shape index (κ3) is 5.54. The van der Waals surface area contributed by atoms with Crippen molar-refractivity contribution in [1.29, 1.82) is 0 Å². The van der Waals surface area contributed by atoms with Crippen LogP contribution >= 0.6 is 0 Å². The van der Waals surface area contributed by atoms with Gasteiger partial charge < -0.3 is 28.4 Å². The lowest BCUT2D eigenvalue weighted by molar-refractivity contribution is -0.296. The van der Waals surface area contributed by atoms with E-state index in [-0.39, 0.29) is 0 Å². The van der Waals surface area contributed by atoms with Gasteiger partial charge in [-0.3, -0.25) is 28.8 Å². The highest BCUT2D eigenvalue weighted by atomic mass is 16.6. The van der Waals surface area contributed by atoms with Gasteiger partial charge in [0.15, 0.2) is 0 Å². The van der Waals surface area contributed by atoms with Gasteiger partial charge in [0.05, 0.1) is 11.8 Å². The molecule has 3 aliphatic carbocycles. The standard InChI is InChI=1S/C20H26O12/c1-7(21)27-15-13-17(29-9(3)23)19(31-11(5)25)14(16(15)28-8(2)22)20(32-12(6)26)18(13)30-10(4)24/h13-20H,1-6H3/t13?,14?,15-,16-,17-,18-,19-,20+/m0/s1. The van der Waals surface area contributed by atoms with Gasteiger partial charge in [-0.05, 0) is 0 Å². The molecule has 6 atom stereocenters. The maximum Gasteiger partial charge on any atom is 0.303 e. The summed E-state index contributed by atoms with van der Waals surface area (Å²) in [6.07, 6.45) is -7.53. The predicted octanol–water partition coefficient (Wildman–Crippen LogP) is -0.164. The Kier molecular flexibility index (Phi) is 7.81. The van der Waals surface area contributed by atoms with Gasteiger partial charge in [0.1, 0.15) is 36.6 Å². The number of esters is 6. The molecule has 3 fully saturated rings. The molecule has 0 heterocycles. The van der Waals surface area contributed by atoms with Crippen LogP contribution in [0.25, 0.3) is 0 Å². The van der Waals surface area contributed by atoms with Gasteiger partial charge in [-0.25, -0.2) is 0 Å². The Labute approximate surface area is 183 Å². The van der Waals surface area contributed by atoms with Crippen LogP contribution in [-0.4, -0.2) is 72.4 Å². The number of carbonyl (C=O) groups excluding carboxylic acids is 6. The van der Waals surface area contributed by atoms with Crippen LogP contribution in [-0.2, 0) is 57.2 Å². The quantitative estimate of drug-likeness (QED) is 0.383. The summed E-state index contributed by atoms with van der Waals surface area (Å²) in [5, 5.41) is 0. The number of hydrogen-bond acceptors (Lipinski definition) is 12. The average molecular weight is 458 g/mol. The summed E-state index contributed by atoms with van der Waals surface area (Å²) < 4.78 is 32.3. The van der Waals surface area contributed by atoms with E-state index in [1.165, 1.54) is 0 Å². The summed E-state index contributed by atoms with van der Waals surface area (Å²) in [5.41, 5.74) is 0. The molecular weight excluding hydrogens is 432 g/mol. The monoisotopic (exact) mass is 458 g/mol. The fourth-order valence-electron chi connectivity index (χ4n) is 4.46. The van der Waals surface area contributed by atoms with Crippen molar-refractivity contribution in [3.8, 4) is 0 Å². The number of rotatable bonds is 6. The zero-order valence-corrected chi connectivity index (χ0v) is 18.5. The minimum atomic E-state index is -1.26. The molecule has 0 unspecified atom stereocenters. The highest BCUT2D eigenvalue weighted by Crippen LogP contribution is 2.50. The van der Waals surface area contributed by atoms with Crippen LogP contribution in [0, 0.1) is 11.8 Å². The van der Waals surface area contributed by atoms with E-state index in [0.29, 0.717) is 0 Å². The summed E-state index contributed by atoms with van der Waals surface area (Å²) in [6, 6.07) is 0. The minimum Gasteiger partial charge on any atom is -0.458 e. The molecule has 12 nitrogen and oxygen atoms in total. The SMILES string of the molecule is CC(=O)O[C@@H]1C2[C@H](OC(C)=O)[C@@H](OC(C)=O)C([C@@H]1OC(C)=O)[C@H](OC(C)=O)[C@H]2OC(C)=O. The first-order valence-corrected chi connectivity index (χ1v) is 9.86. The number of carbonyl (C=O) groups is 6. The summed E-state index contributed by atoms with van der Waals surface area (Å²) in [5.74, 6) is -6.89. The normalized spacial score (nSPS) is 32.8. The van der Waals surface area contributed by atoms with Crippen LogP contribution in [0.1, 0.15) is 41.5 Å². The zero-order valence-electron chi connectivity index (χ0n) is 18.5. The third-order valence-corrected chi connectivity index (χ3v) is 5.06. The highest BCUT2D eigenvalue weighted by molar-refractivity contribution is 5.70. The maximum atomic E-state index is 11.8. The van der Waals surface area contributed by atoms with E-state index in [2.05, 4.69) is 0 Å². The van der Waals surface area contributed by atoms with Crippen molar-refractivity contribution < 1.29 is 57.2 Å². The lowest BCUT2D eigenvalue weighted by Gasteiger charge is -2.57. The van der Waals surface area contributed by atoms with Crippen LogP contribution < -0.4 is 0 Å². The molecule has 0 amide bonds. The fourth-order valence-corrected chi connectivity index (χ4v) is 4.46. The van der Waals surface area contributed by atoms with Crippen molar-refractivity contribution in [1.82, 2.24) is 0 Å². The van der Waals surface area contributed by atoms with E-state index >= 15 is 0 Å². The molecular formula is C20H26O12. The topological polar surface area (TPSA) is 158 Å². The lowest BCUT2D eigenvalue weighted by atomic mass is 9.60. The van der Waals surface area contributed by atoms with E-state index in [1.54, 1.807) is 0 Å². The van der Waals surface area contributed by atoms with E-state index in [1.807, 2.05) is 0 Å². The van der Waals surface area contributed by atoms with Gasteiger partial charge >= 0.3 is 35.8 Å². The average Bonchev–Trinajstić information content (AvgIpc) is 2.59. The van der Waals surface area contributed by atoms with Crippen molar-refractivity contribution in [3.05, 3.63) is 0 Å². The fraction of sp³-hybridized carbons (Fsp3) is 0.700. The summed E-state index contributed by atoms with van der Waals surface area (Å²) >= 11 is 0. The minimum absolute atomic E-state index is 0.754. The van der Waals surface area contributed by atoms with E-state index in [0.717, 1.165) is 41.5 Å². The van der Waals surface area contributed by atoms with E-state index < -0.39 is 84.3 Å². The van der Waals surface area contributed by atoms with Crippen LogP contribution in [0.15, 0.2) is 0 Å². The van der Waals surface area contributed by atoms with Gasteiger partial charge in [0, 0.05) is 41.5 Å². The number of ether oxygens (including phenoxy) is 6. The predicted molar refractivity (Wildman–Crippen MR) is 100 cm³/mol. The molecule has 0 aromatic carbocycles. The van der Waals surface area contributed by atoms with Gasteiger partial charge in [0.2, 0.25) is 0 Å². The van der Waals surface area contributed by atoms with Crippen LogP contribution in [0.2, 0.25) is 0 Å². The molecule has 2 bridgehead atoms. The first-order chi connectivity index (χ1) is 14.8. The van der Waals surface area contributed by atoms with E-state index in [9.17, 15) is 28.8 Å². The first kappa shape index (κ1) is 25.1. The van der Waals surface area contributed by atoms with Crippen molar-refractivity contribution in [3.63, 3.8) is 0 Å². The molecule has 0 saturated heterocycles. The molecule has 0 aromatic heterocycles. The summed E-state index contributed by atoms with van der Waals surface area (Å²) in [6.45, 7) is 6.68. The Morgan fingerprint density at radius 3 is 0.562 bits per heavy atom. The molecule has 0 radical (unpaired) electrons. The lowest BCUT2D eigenvalue weighted by Crippen LogP contribution is -2.75. The molecule has 0 spiro atoms. The van der Waals surface area contributed by atoms with Crippen molar-refractivity contribution in [2.24, 2.45) is 11.8 Å². The summed E-state index contributed by atoms with van der Waals surface area (Å²) in [7, 11) is 0. The Bertz CT molecular complexity index is 634. The van der Waals surface area contributed by atoms with Crippen LogP contribution in [0.5, 0.6) is 0 Å². The van der Waals surface area contributed by atoms with Crippen molar-refractivity contribution in [2.45, 2.75) is 78.2 Å². The van der Waals surface area contributed by atoms with Crippen LogP contribution in [0.4, 0.5) is 0 Å². The van der Waals surface area contributed by atoms with Crippen molar-refractivity contribution in [2.75, 3.05) is 0 Å². The molecule has 178 valence electrons. The Morgan fingerprint density at radius 1 is 0.344 bits per heavy atom. The Balaban J connectivity index is 2.72. The van der Waals surface area contributed by atoms with Gasteiger partial charge in [0.25, 0.3) is 0 Å².